The van der Waals surface area contributed by atoms with E-state index in [2.05, 4.69) is 75.2 Å². The molecule has 0 bridgehead atoms. The Morgan fingerprint density at radius 1 is 0.611 bits per heavy atom. The van der Waals surface area contributed by atoms with E-state index in [1.165, 1.54) is 0 Å². The van der Waals surface area contributed by atoms with E-state index >= 15 is 0 Å². The van der Waals surface area contributed by atoms with Gasteiger partial charge in [-0.15, -0.1) is 0 Å². The number of Topliss-reactive ketones (excluding diaryl/α,β-unsaturated/α-hetero) is 2. The third-order valence-electron chi connectivity index (χ3n) is 6.55. The Kier molecular flexibility index (Phi) is 8.83. The number of aliphatic imine (C=N–C) groups is 2. The zero-order valence-electron chi connectivity index (χ0n) is 22.9. The molecular weight excluding hydrogens is 448 g/mol. The molecule has 0 heterocycles. The summed E-state index contributed by atoms with van der Waals surface area (Å²) in [5.74, 6) is -0.232. The van der Waals surface area contributed by atoms with Crippen molar-refractivity contribution in [2.24, 2.45) is 9.98 Å². The molecule has 0 unspecified atom stereocenters. The van der Waals surface area contributed by atoms with Crippen LogP contribution in [0.3, 0.4) is 0 Å². The first-order chi connectivity index (χ1) is 17.0. The van der Waals surface area contributed by atoms with Crippen molar-refractivity contribution >= 4 is 23.0 Å². The predicted octanol–water partition coefficient (Wildman–Crippen LogP) is 5.71. The Morgan fingerprint density at radius 2 is 0.944 bits per heavy atom. The third kappa shape index (κ3) is 6.10. The second kappa shape index (κ2) is 11.6. The monoisotopic (exact) mass is 488 g/mol. The highest BCUT2D eigenvalue weighted by atomic mass is 16.1. The largest absolute Gasteiger partial charge is 0.371 e. The highest BCUT2D eigenvalue weighted by Crippen LogP contribution is 2.35. The van der Waals surface area contributed by atoms with Gasteiger partial charge in [0.15, 0.2) is 11.6 Å². The SMILES string of the molecule is CC(C)N(C=CN=C1C=C2C(=O)C3=CCC(=NC=CN(C(C)C)C(C)C)C=C3C(=O)C2=CC1)C(C)C. The molecule has 0 aromatic carbocycles. The van der Waals surface area contributed by atoms with E-state index in [0.29, 0.717) is 59.3 Å². The summed E-state index contributed by atoms with van der Waals surface area (Å²) in [6.45, 7) is 17.1. The molecule has 0 aliphatic heterocycles. The van der Waals surface area contributed by atoms with Crippen molar-refractivity contribution in [3.05, 3.63) is 71.4 Å². The van der Waals surface area contributed by atoms with Crippen molar-refractivity contribution in [1.82, 2.24) is 9.80 Å². The first-order valence-electron chi connectivity index (χ1n) is 13.0. The van der Waals surface area contributed by atoms with Gasteiger partial charge in [-0.3, -0.25) is 19.6 Å². The second-order valence-corrected chi connectivity index (χ2v) is 10.5. The fourth-order valence-corrected chi connectivity index (χ4v) is 4.81. The van der Waals surface area contributed by atoms with Crippen molar-refractivity contribution in [2.45, 2.75) is 92.4 Å². The normalized spacial score (nSPS) is 20.6. The lowest BCUT2D eigenvalue weighted by molar-refractivity contribution is -0.117. The third-order valence-corrected chi connectivity index (χ3v) is 6.55. The highest BCUT2D eigenvalue weighted by Gasteiger charge is 2.37. The summed E-state index contributed by atoms with van der Waals surface area (Å²) in [7, 11) is 0. The van der Waals surface area contributed by atoms with E-state index < -0.39 is 0 Å². The molecule has 3 rings (SSSR count). The van der Waals surface area contributed by atoms with Gasteiger partial charge in [-0.1, -0.05) is 12.2 Å². The first kappa shape index (κ1) is 27.3. The van der Waals surface area contributed by atoms with Crippen LogP contribution < -0.4 is 0 Å². The van der Waals surface area contributed by atoms with E-state index in [0.717, 1.165) is 11.4 Å². The molecule has 1 fully saturated rings. The number of fused-ring (bicyclic) bond motifs is 2. The van der Waals surface area contributed by atoms with Gasteiger partial charge in [-0.05, 0) is 67.5 Å². The molecule has 1 saturated carbocycles. The van der Waals surface area contributed by atoms with Gasteiger partial charge in [0.05, 0.1) is 0 Å². The molecule has 6 heteroatoms. The maximum absolute atomic E-state index is 13.3. The molecular formula is C30H40N4O2. The standard InChI is InChI=1S/C30H40N4O2/c1-19(2)33(20(3)4)15-13-31-23-9-11-25-27(17-23)29(35)26-12-10-24(18-28(26)30(25)36)32-14-16-34(21(5)6)22(7)8/h11-22H,9-10H2,1-8H3. The first-order valence-corrected chi connectivity index (χ1v) is 13.0. The Hall–Kier alpha value is -3.28. The van der Waals surface area contributed by atoms with Crippen molar-refractivity contribution in [3.63, 3.8) is 0 Å². The zero-order chi connectivity index (χ0) is 26.6. The Labute approximate surface area is 216 Å². The maximum atomic E-state index is 13.3. The number of rotatable bonds is 8. The van der Waals surface area contributed by atoms with Crippen molar-refractivity contribution in [3.8, 4) is 0 Å². The summed E-state index contributed by atoms with van der Waals surface area (Å²) in [4.78, 5) is 40.2. The summed E-state index contributed by atoms with van der Waals surface area (Å²) in [6.07, 6.45) is 15.8. The molecule has 192 valence electrons. The van der Waals surface area contributed by atoms with E-state index in [4.69, 9.17) is 0 Å². The predicted molar refractivity (Wildman–Crippen MR) is 149 cm³/mol. The summed E-state index contributed by atoms with van der Waals surface area (Å²) < 4.78 is 0. The Bertz CT molecular complexity index is 1030. The van der Waals surface area contributed by atoms with Crippen LogP contribution in [0.15, 0.2) is 81.4 Å². The van der Waals surface area contributed by atoms with Gasteiger partial charge in [-0.25, -0.2) is 0 Å². The lowest BCUT2D eigenvalue weighted by atomic mass is 9.75. The van der Waals surface area contributed by atoms with E-state index in [9.17, 15) is 9.59 Å². The van der Waals surface area contributed by atoms with Gasteiger partial charge < -0.3 is 9.80 Å². The maximum Gasteiger partial charge on any atom is 0.194 e. The van der Waals surface area contributed by atoms with Crippen LogP contribution in [0.1, 0.15) is 68.2 Å². The van der Waals surface area contributed by atoms with E-state index in [1.54, 1.807) is 24.6 Å². The number of carbonyl (C=O) groups is 2. The molecule has 0 saturated heterocycles. The fourth-order valence-electron chi connectivity index (χ4n) is 4.81. The van der Waals surface area contributed by atoms with Crippen molar-refractivity contribution in [1.29, 1.82) is 0 Å². The van der Waals surface area contributed by atoms with Crippen LogP contribution in [0.25, 0.3) is 0 Å². The smallest absolute Gasteiger partial charge is 0.194 e. The molecule has 0 atom stereocenters. The lowest BCUT2D eigenvalue weighted by Crippen LogP contribution is -2.31. The van der Waals surface area contributed by atoms with Crippen molar-refractivity contribution in [2.75, 3.05) is 0 Å². The molecule has 0 aromatic heterocycles. The van der Waals surface area contributed by atoms with Crippen LogP contribution in [0.2, 0.25) is 0 Å². The molecule has 0 spiro atoms. The van der Waals surface area contributed by atoms with Crippen LogP contribution in [0.5, 0.6) is 0 Å². The van der Waals surface area contributed by atoms with E-state index in [1.807, 2.05) is 24.6 Å². The topological polar surface area (TPSA) is 65.3 Å². The summed E-state index contributed by atoms with van der Waals surface area (Å²) >= 11 is 0. The Balaban J connectivity index is 1.81. The molecule has 3 aliphatic carbocycles. The average Bonchev–Trinajstić information content (AvgIpc) is 2.81. The molecule has 0 N–H and O–H groups in total. The minimum absolute atomic E-state index is 0.116. The molecule has 0 amide bonds. The second-order valence-electron chi connectivity index (χ2n) is 10.5. The lowest BCUT2D eigenvalue weighted by Gasteiger charge is -2.29. The summed E-state index contributed by atoms with van der Waals surface area (Å²) in [5, 5.41) is 0. The van der Waals surface area contributed by atoms with Gasteiger partial charge in [0.2, 0.25) is 0 Å². The van der Waals surface area contributed by atoms with Gasteiger partial charge in [0.25, 0.3) is 0 Å². The zero-order valence-corrected chi connectivity index (χ0v) is 22.9. The Morgan fingerprint density at radius 3 is 1.25 bits per heavy atom. The minimum atomic E-state index is -0.116. The number of hydrogen-bond donors (Lipinski definition) is 0. The molecule has 3 aliphatic rings. The molecule has 6 nitrogen and oxygen atoms in total. The summed E-state index contributed by atoms with van der Waals surface area (Å²) in [5.41, 5.74) is 3.37. The quantitative estimate of drug-likeness (QED) is 0.439. The van der Waals surface area contributed by atoms with Gasteiger partial charge in [0, 0.05) is 95.5 Å². The minimum Gasteiger partial charge on any atom is -0.371 e. The number of allylic oxidation sites excluding steroid dienone is 8. The average molecular weight is 489 g/mol. The number of ketones is 2. The van der Waals surface area contributed by atoms with Crippen LogP contribution in [0, 0.1) is 0 Å². The number of nitrogens with zero attached hydrogens (tertiary/aromatic N) is 4. The summed E-state index contributed by atoms with van der Waals surface area (Å²) in [6, 6.07) is 1.47. The van der Waals surface area contributed by atoms with E-state index in [-0.39, 0.29) is 11.6 Å². The molecule has 0 radical (unpaired) electrons. The van der Waals surface area contributed by atoms with Crippen molar-refractivity contribution < 1.29 is 9.59 Å². The number of carbonyl (C=O) groups excluding carboxylic acids is 2. The van der Waals surface area contributed by atoms with Gasteiger partial charge >= 0.3 is 0 Å². The van der Waals surface area contributed by atoms with Crippen LogP contribution >= 0.6 is 0 Å². The van der Waals surface area contributed by atoms with Gasteiger partial charge in [0.1, 0.15) is 0 Å². The van der Waals surface area contributed by atoms with Crippen LogP contribution in [0.4, 0.5) is 0 Å². The van der Waals surface area contributed by atoms with Crippen LogP contribution in [-0.2, 0) is 9.59 Å². The fraction of sp³-hybridized carbons (Fsp3) is 0.467. The highest BCUT2D eigenvalue weighted by molar-refractivity contribution is 6.37. The molecule has 36 heavy (non-hydrogen) atoms. The molecule has 0 aromatic rings. The van der Waals surface area contributed by atoms with Gasteiger partial charge in [-0.2, -0.15) is 0 Å². The van der Waals surface area contributed by atoms with Crippen LogP contribution in [-0.4, -0.2) is 57.0 Å². The number of hydrogen-bond acceptors (Lipinski definition) is 6.